The predicted octanol–water partition coefficient (Wildman–Crippen LogP) is 5.06. The molecule has 1 nitrogen and oxygen atoms in total. The van der Waals surface area contributed by atoms with Crippen molar-refractivity contribution in [2.75, 3.05) is 0 Å². The molecule has 2 saturated carbocycles. The van der Waals surface area contributed by atoms with Gasteiger partial charge in [0.25, 0.3) is 0 Å². The van der Waals surface area contributed by atoms with Crippen LogP contribution >= 0.6 is 0 Å². The van der Waals surface area contributed by atoms with Crippen molar-refractivity contribution < 1.29 is 0 Å². The van der Waals surface area contributed by atoms with Crippen LogP contribution in [0.4, 0.5) is 0 Å². The molecule has 0 aliphatic heterocycles. The van der Waals surface area contributed by atoms with Crippen molar-refractivity contribution in [1.82, 2.24) is 4.90 Å². The fraction of sp³-hybridized carbons (Fsp3) is 0.889. The van der Waals surface area contributed by atoms with E-state index in [9.17, 15) is 0 Å². The summed E-state index contributed by atoms with van der Waals surface area (Å²) >= 11 is 0. The van der Waals surface area contributed by atoms with E-state index in [1.807, 2.05) is 0 Å². The minimum absolute atomic E-state index is 0.871. The van der Waals surface area contributed by atoms with E-state index < -0.39 is 0 Å². The first kappa shape index (κ1) is 13.7. The number of rotatable bonds is 3. The van der Waals surface area contributed by atoms with Gasteiger partial charge in [-0.2, -0.15) is 0 Å². The number of allylic oxidation sites excluding steroid dienone is 1. The van der Waals surface area contributed by atoms with Crippen molar-refractivity contribution in [3.05, 3.63) is 12.2 Å². The summed E-state index contributed by atoms with van der Waals surface area (Å²) in [5, 5.41) is 0. The molecule has 3 rings (SSSR count). The minimum atomic E-state index is 0.871. The summed E-state index contributed by atoms with van der Waals surface area (Å²) in [7, 11) is 0. The van der Waals surface area contributed by atoms with E-state index in [0.717, 1.165) is 18.1 Å². The number of hydrogen-bond acceptors (Lipinski definition) is 1. The first-order valence-electron chi connectivity index (χ1n) is 8.87. The van der Waals surface area contributed by atoms with Crippen molar-refractivity contribution in [3.63, 3.8) is 0 Å². The molecule has 3 aliphatic rings. The van der Waals surface area contributed by atoms with E-state index in [0.29, 0.717) is 0 Å². The van der Waals surface area contributed by atoms with Crippen LogP contribution in [0.2, 0.25) is 0 Å². The van der Waals surface area contributed by atoms with E-state index >= 15 is 0 Å². The third-order valence-corrected chi connectivity index (χ3v) is 5.66. The van der Waals surface area contributed by atoms with Gasteiger partial charge in [0, 0.05) is 18.1 Å². The Morgan fingerprint density at radius 2 is 1.16 bits per heavy atom. The second-order valence-electron chi connectivity index (χ2n) is 6.97. The Morgan fingerprint density at radius 3 is 1.63 bits per heavy atom. The highest BCUT2D eigenvalue weighted by molar-refractivity contribution is 4.97. The fourth-order valence-electron chi connectivity index (χ4n) is 4.70. The summed E-state index contributed by atoms with van der Waals surface area (Å²) < 4.78 is 0. The van der Waals surface area contributed by atoms with Gasteiger partial charge in [0.15, 0.2) is 0 Å². The zero-order valence-electron chi connectivity index (χ0n) is 12.5. The molecule has 0 saturated heterocycles. The Kier molecular flexibility index (Phi) is 4.98. The zero-order valence-corrected chi connectivity index (χ0v) is 12.5. The van der Waals surface area contributed by atoms with E-state index in [4.69, 9.17) is 0 Å². The summed E-state index contributed by atoms with van der Waals surface area (Å²) in [6, 6.07) is 2.72. The Labute approximate surface area is 119 Å². The zero-order chi connectivity index (χ0) is 12.9. The van der Waals surface area contributed by atoms with Gasteiger partial charge in [-0.15, -0.1) is 0 Å². The SMILES string of the molecule is C1=CCC(N(C2CCCCC2)C2CCCCC2)CC1. The lowest BCUT2D eigenvalue weighted by Crippen LogP contribution is -2.51. The third-order valence-electron chi connectivity index (χ3n) is 5.66. The molecule has 1 unspecified atom stereocenters. The predicted molar refractivity (Wildman–Crippen MR) is 82.4 cm³/mol. The Morgan fingerprint density at radius 1 is 0.579 bits per heavy atom. The smallest absolute Gasteiger partial charge is 0.0139 e. The molecule has 0 heterocycles. The molecule has 0 radical (unpaired) electrons. The van der Waals surface area contributed by atoms with Gasteiger partial charge in [-0.3, -0.25) is 4.90 Å². The topological polar surface area (TPSA) is 3.24 Å². The molecule has 0 aromatic heterocycles. The van der Waals surface area contributed by atoms with Gasteiger partial charge in [-0.25, -0.2) is 0 Å². The summed E-state index contributed by atoms with van der Waals surface area (Å²) in [6.07, 6.45) is 23.8. The van der Waals surface area contributed by atoms with Crippen LogP contribution < -0.4 is 0 Å². The van der Waals surface area contributed by atoms with Crippen LogP contribution in [0.1, 0.15) is 83.5 Å². The van der Waals surface area contributed by atoms with Gasteiger partial charge in [-0.05, 0) is 44.9 Å². The molecule has 0 spiro atoms. The number of nitrogens with zero attached hydrogens (tertiary/aromatic N) is 1. The molecular weight excluding hydrogens is 230 g/mol. The van der Waals surface area contributed by atoms with Crippen LogP contribution in [0.15, 0.2) is 12.2 Å². The lowest BCUT2D eigenvalue weighted by Gasteiger charge is -2.46. The Hall–Kier alpha value is -0.300. The van der Waals surface area contributed by atoms with Crippen LogP contribution in [0, 0.1) is 0 Å². The van der Waals surface area contributed by atoms with Gasteiger partial charge in [0.1, 0.15) is 0 Å². The molecule has 0 aromatic carbocycles. The maximum Gasteiger partial charge on any atom is 0.0139 e. The van der Waals surface area contributed by atoms with Crippen molar-refractivity contribution in [3.8, 4) is 0 Å². The monoisotopic (exact) mass is 261 g/mol. The molecule has 2 fully saturated rings. The van der Waals surface area contributed by atoms with Crippen molar-refractivity contribution in [2.24, 2.45) is 0 Å². The van der Waals surface area contributed by atoms with E-state index in [-0.39, 0.29) is 0 Å². The van der Waals surface area contributed by atoms with Crippen LogP contribution in [-0.4, -0.2) is 23.0 Å². The summed E-state index contributed by atoms with van der Waals surface area (Å²) in [4.78, 5) is 3.03. The van der Waals surface area contributed by atoms with Crippen LogP contribution in [-0.2, 0) is 0 Å². The maximum atomic E-state index is 3.03. The lowest BCUT2D eigenvalue weighted by atomic mass is 9.85. The first-order chi connectivity index (χ1) is 9.45. The standard InChI is InChI=1S/C18H31N/c1-4-10-16(11-5-1)19(17-12-6-2-7-13-17)18-14-8-3-9-15-18/h1,4,16-18H,2-3,5-15H2. The van der Waals surface area contributed by atoms with E-state index in [1.165, 1.54) is 83.5 Å². The normalized spacial score (nSPS) is 30.9. The molecule has 0 N–H and O–H groups in total. The maximum absolute atomic E-state index is 3.03. The summed E-state index contributed by atoms with van der Waals surface area (Å²) in [5.74, 6) is 0. The molecular formula is C18H31N. The molecule has 3 aliphatic carbocycles. The Bertz CT molecular complexity index is 266. The van der Waals surface area contributed by atoms with Gasteiger partial charge in [-0.1, -0.05) is 50.7 Å². The molecule has 108 valence electrons. The Balaban J connectivity index is 1.70. The molecule has 0 amide bonds. The van der Waals surface area contributed by atoms with Crippen molar-refractivity contribution >= 4 is 0 Å². The quantitative estimate of drug-likeness (QED) is 0.642. The lowest BCUT2D eigenvalue weighted by molar-refractivity contribution is 0.0335. The molecule has 0 bridgehead atoms. The van der Waals surface area contributed by atoms with Crippen molar-refractivity contribution in [2.45, 2.75) is 102 Å². The van der Waals surface area contributed by atoms with Crippen molar-refractivity contribution in [1.29, 1.82) is 0 Å². The largest absolute Gasteiger partial charge is 0.294 e. The van der Waals surface area contributed by atoms with Gasteiger partial charge in [0.05, 0.1) is 0 Å². The summed E-state index contributed by atoms with van der Waals surface area (Å²) in [6.45, 7) is 0. The van der Waals surface area contributed by atoms with Gasteiger partial charge >= 0.3 is 0 Å². The second-order valence-corrected chi connectivity index (χ2v) is 6.97. The average Bonchev–Trinajstić information content (AvgIpc) is 2.51. The van der Waals surface area contributed by atoms with Crippen LogP contribution in [0.3, 0.4) is 0 Å². The summed E-state index contributed by atoms with van der Waals surface area (Å²) in [5.41, 5.74) is 0. The average molecular weight is 261 g/mol. The van der Waals surface area contributed by atoms with Gasteiger partial charge in [0.2, 0.25) is 0 Å². The van der Waals surface area contributed by atoms with Crippen LogP contribution in [0.25, 0.3) is 0 Å². The van der Waals surface area contributed by atoms with E-state index in [1.54, 1.807) is 0 Å². The highest BCUT2D eigenvalue weighted by Crippen LogP contribution is 2.34. The van der Waals surface area contributed by atoms with E-state index in [2.05, 4.69) is 17.1 Å². The number of hydrogen-bond donors (Lipinski definition) is 0. The minimum Gasteiger partial charge on any atom is -0.294 e. The molecule has 1 atom stereocenters. The van der Waals surface area contributed by atoms with Gasteiger partial charge < -0.3 is 0 Å². The third kappa shape index (κ3) is 3.42. The van der Waals surface area contributed by atoms with Crippen LogP contribution in [0.5, 0.6) is 0 Å². The second kappa shape index (κ2) is 6.92. The first-order valence-corrected chi connectivity index (χ1v) is 8.87. The highest BCUT2D eigenvalue weighted by atomic mass is 15.2. The molecule has 19 heavy (non-hydrogen) atoms. The molecule has 0 aromatic rings. The highest BCUT2D eigenvalue weighted by Gasteiger charge is 2.33. The molecule has 1 heteroatoms. The fourth-order valence-corrected chi connectivity index (χ4v) is 4.70.